The van der Waals surface area contributed by atoms with Gasteiger partial charge >= 0.3 is 0 Å². The van der Waals surface area contributed by atoms with Crippen LogP contribution < -0.4 is 16.4 Å². The molecule has 0 fully saturated rings. The van der Waals surface area contributed by atoms with Crippen LogP contribution >= 0.6 is 0 Å². The first-order valence-corrected chi connectivity index (χ1v) is 8.91. The van der Waals surface area contributed by atoms with E-state index in [1.807, 2.05) is 0 Å². The molecule has 0 bridgehead atoms. The highest BCUT2D eigenvalue weighted by molar-refractivity contribution is 6.95. The van der Waals surface area contributed by atoms with Gasteiger partial charge in [-0.05, 0) is 31.8 Å². The molecule has 0 aliphatic heterocycles. The lowest BCUT2D eigenvalue weighted by Crippen LogP contribution is -2.59. The molecule has 11 heteroatoms. The van der Waals surface area contributed by atoms with Crippen LogP contribution in [0.15, 0.2) is 12.1 Å². The van der Waals surface area contributed by atoms with Gasteiger partial charge in [-0.25, -0.2) is 43.9 Å². The molecule has 0 amide bonds. The predicted octanol–water partition coefficient (Wildman–Crippen LogP) is 4.52. The van der Waals surface area contributed by atoms with E-state index in [2.05, 4.69) is 0 Å². The summed E-state index contributed by atoms with van der Waals surface area (Å²) in [6.07, 6.45) is 0. The SMILES string of the molecule is Cc1cc(B(c2c(F)c(F)c(C)c(F)c2F)c2c(F)c(F)c(C)c(F)c2F)c(F)cc1F. The van der Waals surface area contributed by atoms with Crippen LogP contribution in [0.3, 0.4) is 0 Å². The van der Waals surface area contributed by atoms with E-state index in [0.29, 0.717) is 19.9 Å². The standard InChI is InChI=1S/C21H11BF10/c1-6-4-9(11(24)5-10(6)23)22(12-18(29)14(25)7(2)15(26)19(12)30)13-20(31)16(27)8(3)17(28)21(13)32/h4-5H,1-3H3. The van der Waals surface area contributed by atoms with Crippen molar-refractivity contribution in [3.05, 3.63) is 87.0 Å². The highest BCUT2D eigenvalue weighted by Crippen LogP contribution is 2.22. The summed E-state index contributed by atoms with van der Waals surface area (Å²) in [5.74, 6) is -19.4. The highest BCUT2D eigenvalue weighted by atomic mass is 19.2. The second kappa shape index (κ2) is 8.18. The fourth-order valence-electron chi connectivity index (χ4n) is 3.38. The van der Waals surface area contributed by atoms with Crippen molar-refractivity contribution >= 4 is 23.1 Å². The fraction of sp³-hybridized carbons (Fsp3) is 0.143. The molecule has 0 radical (unpaired) electrons. The number of benzene rings is 3. The van der Waals surface area contributed by atoms with E-state index < -0.39 is 98.0 Å². The van der Waals surface area contributed by atoms with Crippen molar-refractivity contribution in [1.29, 1.82) is 0 Å². The average molecular weight is 464 g/mol. The predicted molar refractivity (Wildman–Crippen MR) is 97.8 cm³/mol. The van der Waals surface area contributed by atoms with Crippen LogP contribution in [0.2, 0.25) is 0 Å². The smallest absolute Gasteiger partial charge is 0.207 e. The third-order valence-corrected chi connectivity index (χ3v) is 5.20. The van der Waals surface area contributed by atoms with Gasteiger partial charge < -0.3 is 0 Å². The quantitative estimate of drug-likeness (QED) is 0.304. The van der Waals surface area contributed by atoms with E-state index in [1.165, 1.54) is 0 Å². The average Bonchev–Trinajstić information content (AvgIpc) is 2.75. The van der Waals surface area contributed by atoms with E-state index in [-0.39, 0.29) is 6.07 Å². The Morgan fingerprint density at radius 2 is 0.812 bits per heavy atom. The monoisotopic (exact) mass is 464 g/mol. The molecule has 3 rings (SSSR count). The van der Waals surface area contributed by atoms with Gasteiger partial charge in [0.25, 0.3) is 6.71 Å². The number of hydrogen-bond donors (Lipinski definition) is 0. The van der Waals surface area contributed by atoms with E-state index in [9.17, 15) is 43.9 Å². The molecule has 0 aromatic heterocycles. The third-order valence-electron chi connectivity index (χ3n) is 5.20. The zero-order valence-electron chi connectivity index (χ0n) is 16.5. The van der Waals surface area contributed by atoms with Gasteiger partial charge in [0.15, 0.2) is 46.5 Å². The Labute approximate surface area is 175 Å². The Kier molecular flexibility index (Phi) is 6.05. The van der Waals surface area contributed by atoms with E-state index in [4.69, 9.17) is 0 Å². The second-order valence-electron chi connectivity index (χ2n) is 7.15. The van der Waals surface area contributed by atoms with Crippen LogP contribution in [-0.4, -0.2) is 6.71 Å². The maximum absolute atomic E-state index is 14.8. The van der Waals surface area contributed by atoms with E-state index >= 15 is 0 Å². The molecular formula is C21H11BF10. The summed E-state index contributed by atoms with van der Waals surface area (Å²) in [6, 6.07) is 0.740. The third kappa shape index (κ3) is 3.43. The first-order valence-electron chi connectivity index (χ1n) is 8.91. The Morgan fingerprint density at radius 1 is 0.469 bits per heavy atom. The number of rotatable bonds is 3. The lowest BCUT2D eigenvalue weighted by molar-refractivity contribution is 0.450. The summed E-state index contributed by atoms with van der Waals surface area (Å²) >= 11 is 0. The lowest BCUT2D eigenvalue weighted by Gasteiger charge is -2.21. The summed E-state index contributed by atoms with van der Waals surface area (Å²) in [7, 11) is 0. The molecular weight excluding hydrogens is 453 g/mol. The Bertz CT molecular complexity index is 1140. The molecule has 0 N–H and O–H groups in total. The minimum Gasteiger partial charge on any atom is -0.207 e. The van der Waals surface area contributed by atoms with Gasteiger partial charge in [-0.3, -0.25) is 0 Å². The van der Waals surface area contributed by atoms with Gasteiger partial charge in [0.05, 0.1) is 0 Å². The minimum atomic E-state index is -2.76. The molecule has 0 unspecified atom stereocenters. The van der Waals surface area contributed by atoms with Crippen molar-refractivity contribution in [1.82, 2.24) is 0 Å². The van der Waals surface area contributed by atoms with Gasteiger partial charge in [-0.15, -0.1) is 0 Å². The van der Waals surface area contributed by atoms with Crippen LogP contribution in [0.1, 0.15) is 16.7 Å². The number of halogens is 10. The largest absolute Gasteiger partial charge is 0.260 e. The zero-order valence-corrected chi connectivity index (χ0v) is 16.5. The van der Waals surface area contributed by atoms with Gasteiger partial charge in [-0.1, -0.05) is 6.07 Å². The molecule has 0 saturated heterocycles. The van der Waals surface area contributed by atoms with Crippen molar-refractivity contribution in [3.63, 3.8) is 0 Å². The summed E-state index contributed by atoms with van der Waals surface area (Å²) < 4.78 is 144. The first-order chi connectivity index (χ1) is 14.8. The van der Waals surface area contributed by atoms with E-state index in [0.717, 1.165) is 6.92 Å². The van der Waals surface area contributed by atoms with Gasteiger partial charge in [-0.2, -0.15) is 0 Å². The summed E-state index contributed by atoms with van der Waals surface area (Å²) in [5.41, 5.74) is -7.26. The van der Waals surface area contributed by atoms with E-state index in [1.54, 1.807) is 0 Å². The van der Waals surface area contributed by atoms with Crippen LogP contribution in [0, 0.1) is 78.9 Å². The molecule has 168 valence electrons. The number of hydrogen-bond acceptors (Lipinski definition) is 0. The topological polar surface area (TPSA) is 0 Å². The van der Waals surface area contributed by atoms with Crippen LogP contribution in [0.5, 0.6) is 0 Å². The van der Waals surface area contributed by atoms with Gasteiger partial charge in [0, 0.05) is 28.1 Å². The molecule has 0 heterocycles. The van der Waals surface area contributed by atoms with Crippen molar-refractivity contribution in [2.45, 2.75) is 20.8 Å². The number of aryl methyl sites for hydroxylation is 1. The molecule has 32 heavy (non-hydrogen) atoms. The van der Waals surface area contributed by atoms with Gasteiger partial charge in [0.1, 0.15) is 11.6 Å². The molecule has 0 aliphatic carbocycles. The van der Waals surface area contributed by atoms with Gasteiger partial charge in [0.2, 0.25) is 0 Å². The first kappa shape index (κ1) is 23.7. The zero-order chi connectivity index (χ0) is 24.2. The van der Waals surface area contributed by atoms with Crippen LogP contribution in [-0.2, 0) is 0 Å². The summed E-state index contributed by atoms with van der Waals surface area (Å²) in [6.45, 7) is -0.403. The maximum Gasteiger partial charge on any atom is 0.260 e. The molecule has 0 aliphatic rings. The summed E-state index contributed by atoms with van der Waals surface area (Å²) in [5, 5.41) is 0. The van der Waals surface area contributed by atoms with Crippen LogP contribution in [0.25, 0.3) is 0 Å². The van der Waals surface area contributed by atoms with Crippen molar-refractivity contribution < 1.29 is 43.9 Å². The van der Waals surface area contributed by atoms with Crippen LogP contribution in [0.4, 0.5) is 43.9 Å². The highest BCUT2D eigenvalue weighted by Gasteiger charge is 2.40. The normalized spacial score (nSPS) is 11.3. The molecule has 0 nitrogen and oxygen atoms in total. The maximum atomic E-state index is 14.8. The van der Waals surface area contributed by atoms with Crippen molar-refractivity contribution in [2.75, 3.05) is 0 Å². The second-order valence-corrected chi connectivity index (χ2v) is 7.15. The van der Waals surface area contributed by atoms with Crippen molar-refractivity contribution in [3.8, 4) is 0 Å². The molecule has 3 aromatic rings. The molecule has 0 spiro atoms. The lowest BCUT2D eigenvalue weighted by atomic mass is 9.36. The fourth-order valence-corrected chi connectivity index (χ4v) is 3.38. The molecule has 3 aromatic carbocycles. The Balaban J connectivity index is 2.58. The molecule has 0 saturated carbocycles. The summed E-state index contributed by atoms with van der Waals surface area (Å²) in [4.78, 5) is 0. The Hall–Kier alpha value is -2.98. The van der Waals surface area contributed by atoms with Crippen molar-refractivity contribution in [2.24, 2.45) is 0 Å². The Morgan fingerprint density at radius 3 is 1.16 bits per heavy atom. The molecule has 0 atom stereocenters. The minimum absolute atomic E-state index is 0.186.